The fourth-order valence-electron chi connectivity index (χ4n) is 2.77. The van der Waals surface area contributed by atoms with Crippen molar-refractivity contribution in [2.24, 2.45) is 12.5 Å². The van der Waals surface area contributed by atoms with Crippen LogP contribution >= 0.6 is 0 Å². The molecule has 0 saturated carbocycles. The van der Waals surface area contributed by atoms with Crippen LogP contribution in [0.2, 0.25) is 0 Å². The normalized spacial score (nSPS) is 21.1. The number of hydrogen-bond donors (Lipinski definition) is 1. The Morgan fingerprint density at radius 1 is 1.32 bits per heavy atom. The number of amides is 3. The van der Waals surface area contributed by atoms with E-state index in [-0.39, 0.29) is 12.5 Å². The van der Waals surface area contributed by atoms with Crippen molar-refractivity contribution in [2.45, 2.75) is 46.7 Å². The minimum atomic E-state index is -0.952. The Hall–Kier alpha value is -2.64. The van der Waals surface area contributed by atoms with Gasteiger partial charge in [0.05, 0.1) is 12.7 Å². The molecule has 0 aliphatic carbocycles. The van der Waals surface area contributed by atoms with Crippen molar-refractivity contribution < 1.29 is 14.1 Å². The van der Waals surface area contributed by atoms with Gasteiger partial charge in [-0.3, -0.25) is 14.4 Å². The molecule has 1 N–H and O–H groups in total. The lowest BCUT2D eigenvalue weighted by Crippen LogP contribution is -2.54. The maximum absolute atomic E-state index is 12.8. The fraction of sp³-hybridized carbons (Fsp3) is 0.529. The lowest BCUT2D eigenvalue weighted by molar-refractivity contribution is -0.134. The summed E-state index contributed by atoms with van der Waals surface area (Å²) in [5.41, 5.74) is 1.08. The van der Waals surface area contributed by atoms with Crippen LogP contribution in [0, 0.1) is 12.3 Å². The van der Waals surface area contributed by atoms with Crippen molar-refractivity contribution >= 4 is 11.9 Å². The number of carbonyl (C=O) groups is 2. The molecular formula is C17H23N5O3. The van der Waals surface area contributed by atoms with Crippen molar-refractivity contribution in [1.82, 2.24) is 25.2 Å². The Morgan fingerprint density at radius 3 is 2.52 bits per heavy atom. The molecule has 134 valence electrons. The van der Waals surface area contributed by atoms with E-state index in [9.17, 15) is 9.59 Å². The molecule has 3 rings (SSSR count). The summed E-state index contributed by atoms with van der Waals surface area (Å²) >= 11 is 0. The van der Waals surface area contributed by atoms with E-state index in [4.69, 9.17) is 4.52 Å². The predicted octanol–water partition coefficient (Wildman–Crippen LogP) is 2.24. The Bertz CT molecular complexity index is 845. The van der Waals surface area contributed by atoms with Gasteiger partial charge in [0.25, 0.3) is 5.91 Å². The van der Waals surface area contributed by atoms with Crippen LogP contribution in [-0.2, 0) is 18.4 Å². The second-order valence-corrected chi connectivity index (χ2v) is 7.64. The quantitative estimate of drug-likeness (QED) is 0.861. The molecule has 0 radical (unpaired) electrons. The number of urea groups is 1. The summed E-state index contributed by atoms with van der Waals surface area (Å²) in [6.07, 6.45) is 1.71. The second kappa shape index (κ2) is 5.44. The number of hydrogen-bond acceptors (Lipinski definition) is 5. The number of imide groups is 1. The highest BCUT2D eigenvalue weighted by Crippen LogP contribution is 2.36. The van der Waals surface area contributed by atoms with Crippen molar-refractivity contribution in [3.8, 4) is 11.3 Å². The van der Waals surface area contributed by atoms with Crippen LogP contribution < -0.4 is 5.32 Å². The topological polar surface area (TPSA) is 93.3 Å². The van der Waals surface area contributed by atoms with E-state index in [0.717, 1.165) is 11.3 Å². The van der Waals surface area contributed by atoms with E-state index < -0.39 is 17.0 Å². The molecule has 1 saturated heterocycles. The van der Waals surface area contributed by atoms with Gasteiger partial charge in [-0.1, -0.05) is 25.9 Å². The van der Waals surface area contributed by atoms with Gasteiger partial charge in [-0.05, 0) is 19.3 Å². The van der Waals surface area contributed by atoms with Crippen LogP contribution in [0.3, 0.4) is 0 Å². The van der Waals surface area contributed by atoms with Crippen LogP contribution in [0.25, 0.3) is 11.3 Å². The first-order chi connectivity index (χ1) is 11.5. The average Bonchev–Trinajstić information content (AvgIpc) is 3.15. The highest BCUT2D eigenvalue weighted by Gasteiger charge is 2.54. The summed E-state index contributed by atoms with van der Waals surface area (Å²) in [4.78, 5) is 26.3. The van der Waals surface area contributed by atoms with E-state index in [2.05, 4.69) is 15.6 Å². The molecule has 0 unspecified atom stereocenters. The number of nitrogens with one attached hydrogen (secondary N) is 1. The van der Waals surface area contributed by atoms with Gasteiger partial charge in [-0.25, -0.2) is 4.79 Å². The maximum Gasteiger partial charge on any atom is 0.325 e. The molecule has 25 heavy (non-hydrogen) atoms. The Kier molecular flexibility index (Phi) is 3.74. The Morgan fingerprint density at radius 2 is 2.00 bits per heavy atom. The molecule has 3 amide bonds. The van der Waals surface area contributed by atoms with Crippen molar-refractivity contribution in [3.05, 3.63) is 23.7 Å². The molecule has 0 spiro atoms. The molecule has 1 atom stereocenters. The van der Waals surface area contributed by atoms with Crippen LogP contribution in [0.1, 0.15) is 39.1 Å². The molecule has 2 aromatic heterocycles. The summed E-state index contributed by atoms with van der Waals surface area (Å²) in [6.45, 7) is 9.49. The average molecular weight is 345 g/mol. The van der Waals surface area contributed by atoms with E-state index in [1.54, 1.807) is 23.9 Å². The fourth-order valence-corrected chi connectivity index (χ4v) is 2.77. The van der Waals surface area contributed by atoms with Gasteiger partial charge in [0.1, 0.15) is 11.2 Å². The first-order valence-electron chi connectivity index (χ1n) is 8.13. The molecule has 2 aromatic rings. The smallest absolute Gasteiger partial charge is 0.325 e. The summed E-state index contributed by atoms with van der Waals surface area (Å²) in [7, 11) is 1.85. The molecule has 0 bridgehead atoms. The number of rotatable bonds is 3. The Labute approximate surface area is 146 Å². The van der Waals surface area contributed by atoms with Gasteiger partial charge in [-0.2, -0.15) is 5.10 Å². The second-order valence-electron chi connectivity index (χ2n) is 7.64. The minimum absolute atomic E-state index is 0.0443. The van der Waals surface area contributed by atoms with E-state index in [1.165, 1.54) is 4.90 Å². The largest absolute Gasteiger partial charge is 0.359 e. The monoisotopic (exact) mass is 345 g/mol. The van der Waals surface area contributed by atoms with Gasteiger partial charge >= 0.3 is 6.03 Å². The van der Waals surface area contributed by atoms with Crippen LogP contribution in [0.15, 0.2) is 16.8 Å². The summed E-state index contributed by atoms with van der Waals surface area (Å²) in [6, 6.07) is 1.31. The van der Waals surface area contributed by atoms with Crippen LogP contribution in [0.4, 0.5) is 4.79 Å². The predicted molar refractivity (Wildman–Crippen MR) is 90.4 cm³/mol. The lowest BCUT2D eigenvalue weighted by atomic mass is 9.75. The van der Waals surface area contributed by atoms with Crippen molar-refractivity contribution in [3.63, 3.8) is 0 Å². The molecule has 1 aliphatic rings. The SMILES string of the molecule is Cc1c(-c2cc(CN3C(=O)N[C@@](C)(C(C)(C)C)C3=O)on2)cnn1C. The molecule has 1 aliphatic heterocycles. The van der Waals surface area contributed by atoms with E-state index in [0.29, 0.717) is 11.5 Å². The molecule has 0 aromatic carbocycles. The van der Waals surface area contributed by atoms with Gasteiger partial charge in [-0.15, -0.1) is 0 Å². The molecule has 1 fully saturated rings. The number of aryl methyl sites for hydroxylation is 1. The van der Waals surface area contributed by atoms with Gasteiger partial charge in [0, 0.05) is 24.4 Å². The van der Waals surface area contributed by atoms with Gasteiger partial charge in [0.15, 0.2) is 5.76 Å². The number of carbonyl (C=O) groups excluding carboxylic acids is 2. The van der Waals surface area contributed by atoms with E-state index >= 15 is 0 Å². The van der Waals surface area contributed by atoms with Gasteiger partial charge in [0.2, 0.25) is 0 Å². The Balaban J connectivity index is 1.83. The third-order valence-corrected chi connectivity index (χ3v) is 5.16. The lowest BCUT2D eigenvalue weighted by Gasteiger charge is -2.35. The summed E-state index contributed by atoms with van der Waals surface area (Å²) in [5, 5.41) is 11.0. The third kappa shape index (κ3) is 2.61. The third-order valence-electron chi connectivity index (χ3n) is 5.16. The number of aromatic nitrogens is 3. The van der Waals surface area contributed by atoms with Crippen LogP contribution in [-0.4, -0.2) is 37.3 Å². The molecule has 3 heterocycles. The van der Waals surface area contributed by atoms with Crippen molar-refractivity contribution in [1.29, 1.82) is 0 Å². The highest BCUT2D eigenvalue weighted by molar-refractivity contribution is 6.07. The molecular weight excluding hydrogens is 322 g/mol. The maximum atomic E-state index is 12.8. The highest BCUT2D eigenvalue weighted by atomic mass is 16.5. The zero-order valence-corrected chi connectivity index (χ0v) is 15.4. The van der Waals surface area contributed by atoms with Crippen molar-refractivity contribution in [2.75, 3.05) is 0 Å². The molecule has 8 nitrogen and oxygen atoms in total. The zero-order valence-electron chi connectivity index (χ0n) is 15.4. The summed E-state index contributed by atoms with van der Waals surface area (Å²) < 4.78 is 7.08. The number of nitrogens with zero attached hydrogens (tertiary/aromatic N) is 4. The first kappa shape index (κ1) is 17.2. The zero-order chi connectivity index (χ0) is 18.6. The van der Waals surface area contributed by atoms with Gasteiger partial charge < -0.3 is 9.84 Å². The minimum Gasteiger partial charge on any atom is -0.359 e. The first-order valence-corrected chi connectivity index (χ1v) is 8.13. The van der Waals surface area contributed by atoms with Crippen LogP contribution in [0.5, 0.6) is 0 Å². The van der Waals surface area contributed by atoms with E-state index in [1.807, 2.05) is 34.7 Å². The summed E-state index contributed by atoms with van der Waals surface area (Å²) in [5.74, 6) is 0.181. The standard InChI is InChI=1S/C17H23N5O3/c1-10-12(8-18-21(10)6)13-7-11(25-20-13)9-22-14(23)17(5,16(2,3)4)19-15(22)24/h7-8H,9H2,1-6H3,(H,19,24)/t17-/m1/s1. The molecule has 8 heteroatoms.